The van der Waals surface area contributed by atoms with Gasteiger partial charge in [-0.3, -0.25) is 0 Å². The average molecular weight is 592 g/mol. The van der Waals surface area contributed by atoms with Crippen LogP contribution in [0.4, 0.5) is 0 Å². The Morgan fingerprint density at radius 1 is 1.07 bits per heavy atom. The molecule has 2 aromatic carbocycles. The van der Waals surface area contributed by atoms with Crippen LogP contribution in [0.1, 0.15) is 43.2 Å². The van der Waals surface area contributed by atoms with Crippen LogP contribution in [-0.4, -0.2) is 47.6 Å². The van der Waals surface area contributed by atoms with Crippen molar-refractivity contribution < 1.29 is 4.52 Å². The minimum atomic E-state index is 0.158. The number of piperidine rings is 1. The van der Waals surface area contributed by atoms with Crippen molar-refractivity contribution in [2.75, 3.05) is 33.2 Å². The van der Waals surface area contributed by atoms with E-state index in [4.69, 9.17) is 16.1 Å². The predicted octanol–water partition coefficient (Wildman–Crippen LogP) is 8.69. The van der Waals surface area contributed by atoms with E-state index in [0.29, 0.717) is 5.92 Å². The summed E-state index contributed by atoms with van der Waals surface area (Å²) in [7, 11) is 2.22. The number of nitrogens with zero attached hydrogens (tertiary/aromatic N) is 3. The second-order valence-corrected chi connectivity index (χ2v) is 14.6. The fourth-order valence-corrected chi connectivity index (χ4v) is 8.92. The summed E-state index contributed by atoms with van der Waals surface area (Å²) in [6, 6.07) is 25.8. The Kier molecular flexibility index (Phi) is 9.00. The molecule has 2 atom stereocenters. The number of thiophene rings is 1. The molecule has 2 aliphatic rings. The van der Waals surface area contributed by atoms with Gasteiger partial charge in [-0.1, -0.05) is 65.6 Å². The van der Waals surface area contributed by atoms with E-state index < -0.39 is 0 Å². The summed E-state index contributed by atoms with van der Waals surface area (Å²) in [6.45, 7) is 4.68. The first kappa shape index (κ1) is 28.0. The molecule has 0 N–H and O–H groups in total. The molecule has 4 nitrogen and oxygen atoms in total. The molecule has 3 heterocycles. The molecule has 210 valence electrons. The normalized spacial score (nSPS) is 21.7. The highest BCUT2D eigenvalue weighted by Gasteiger charge is 2.56. The quantitative estimate of drug-likeness (QED) is 0.154. The van der Waals surface area contributed by atoms with Gasteiger partial charge in [-0.15, -0.1) is 11.3 Å². The van der Waals surface area contributed by atoms with E-state index in [1.807, 2.05) is 24.1 Å². The topological polar surface area (TPSA) is 32.5 Å². The Morgan fingerprint density at radius 2 is 1.93 bits per heavy atom. The zero-order valence-corrected chi connectivity index (χ0v) is 25.6. The molecule has 2 unspecified atom stereocenters. The van der Waals surface area contributed by atoms with Crippen molar-refractivity contribution in [3.05, 3.63) is 95.2 Å². The summed E-state index contributed by atoms with van der Waals surface area (Å²) in [5.41, 5.74) is 3.93. The fourth-order valence-electron chi connectivity index (χ4n) is 6.50. The molecule has 1 aliphatic heterocycles. The van der Waals surface area contributed by atoms with E-state index in [1.165, 1.54) is 73.5 Å². The van der Waals surface area contributed by atoms with Crippen molar-refractivity contribution in [2.24, 2.45) is 11.8 Å². The van der Waals surface area contributed by atoms with Crippen molar-refractivity contribution in [2.45, 2.75) is 48.1 Å². The van der Waals surface area contributed by atoms with Gasteiger partial charge < -0.3 is 9.42 Å². The predicted molar refractivity (Wildman–Crippen MR) is 168 cm³/mol. The first-order valence-electron chi connectivity index (χ1n) is 14.5. The second kappa shape index (κ2) is 12.8. The number of rotatable bonds is 12. The molecular weight excluding hydrogens is 554 g/mol. The standard InChI is InChI=1S/C33H38ClN3OS2/c1-36(40-32-14-13-31(39-32)30-17-20-38-35-30)24-33(27-11-6-12-29(34)21-27)22-28(33)23-37-18-15-26(16-19-37)10-5-9-25-7-3-2-4-8-25/h2-4,6-8,11-14,17,20-21,26,28H,5,9-10,15-16,18-19,22-24H2,1H3. The zero-order chi connectivity index (χ0) is 27.4. The number of benzene rings is 2. The average Bonchev–Trinajstić information content (AvgIpc) is 3.31. The summed E-state index contributed by atoms with van der Waals surface area (Å²) >= 11 is 10.1. The zero-order valence-electron chi connectivity index (χ0n) is 23.2. The number of halogens is 1. The van der Waals surface area contributed by atoms with Gasteiger partial charge in [-0.05, 0) is 111 Å². The lowest BCUT2D eigenvalue weighted by Gasteiger charge is -2.33. The van der Waals surface area contributed by atoms with E-state index in [-0.39, 0.29) is 5.41 Å². The number of aryl methyl sites for hydroxylation is 1. The number of aromatic nitrogens is 1. The second-order valence-electron chi connectivity index (χ2n) is 11.6. The van der Waals surface area contributed by atoms with Gasteiger partial charge in [0.15, 0.2) is 0 Å². The van der Waals surface area contributed by atoms with Gasteiger partial charge in [0.05, 0.1) is 9.09 Å². The molecule has 0 spiro atoms. The van der Waals surface area contributed by atoms with Crippen LogP contribution < -0.4 is 0 Å². The summed E-state index contributed by atoms with van der Waals surface area (Å²) in [5.74, 6) is 1.55. The first-order chi connectivity index (χ1) is 19.6. The largest absolute Gasteiger partial charge is 0.364 e. The molecule has 4 aromatic rings. The SMILES string of the molecule is CN(CC1(c2cccc(Cl)c2)CC1CN1CCC(CCCc2ccccc2)CC1)Sc1ccc(-c2ccon2)s1. The smallest absolute Gasteiger partial charge is 0.124 e. The maximum absolute atomic E-state index is 6.49. The monoisotopic (exact) mass is 591 g/mol. The van der Waals surface area contributed by atoms with Crippen LogP contribution in [0.15, 0.2) is 87.8 Å². The van der Waals surface area contributed by atoms with Crippen LogP contribution in [0, 0.1) is 11.8 Å². The molecule has 7 heteroatoms. The lowest BCUT2D eigenvalue weighted by molar-refractivity contribution is 0.167. The van der Waals surface area contributed by atoms with Gasteiger partial charge in [0.1, 0.15) is 12.0 Å². The van der Waals surface area contributed by atoms with E-state index in [9.17, 15) is 0 Å². The highest BCUT2D eigenvalue weighted by Crippen LogP contribution is 2.56. The summed E-state index contributed by atoms with van der Waals surface area (Å²) < 4.78 is 8.72. The first-order valence-corrected chi connectivity index (χ1v) is 16.5. The Morgan fingerprint density at radius 3 is 2.70 bits per heavy atom. The number of likely N-dealkylation sites (N-methyl/N-ethyl adjacent to an activating group) is 1. The lowest BCUT2D eigenvalue weighted by Crippen LogP contribution is -2.37. The molecule has 0 radical (unpaired) electrons. The third-order valence-electron chi connectivity index (χ3n) is 8.76. The van der Waals surface area contributed by atoms with Gasteiger partial charge >= 0.3 is 0 Å². The van der Waals surface area contributed by atoms with Crippen molar-refractivity contribution in [1.29, 1.82) is 0 Å². The molecule has 40 heavy (non-hydrogen) atoms. The molecule has 0 bridgehead atoms. The molecular formula is C33H38ClN3OS2. The van der Waals surface area contributed by atoms with Gasteiger partial charge in [-0.25, -0.2) is 4.31 Å². The maximum Gasteiger partial charge on any atom is 0.124 e. The highest BCUT2D eigenvalue weighted by molar-refractivity contribution is 7.99. The van der Waals surface area contributed by atoms with Crippen LogP contribution in [0.3, 0.4) is 0 Å². The minimum absolute atomic E-state index is 0.158. The summed E-state index contributed by atoms with van der Waals surface area (Å²) in [4.78, 5) is 3.88. The highest BCUT2D eigenvalue weighted by atomic mass is 35.5. The van der Waals surface area contributed by atoms with Crippen LogP contribution in [0.2, 0.25) is 5.02 Å². The lowest BCUT2D eigenvalue weighted by atomic mass is 9.90. The third-order valence-corrected chi connectivity index (χ3v) is 11.1. The molecule has 1 aliphatic carbocycles. The molecule has 1 saturated carbocycles. The van der Waals surface area contributed by atoms with Gasteiger partial charge in [0.2, 0.25) is 0 Å². The summed E-state index contributed by atoms with van der Waals surface area (Å²) in [6.07, 6.45) is 9.42. The van der Waals surface area contributed by atoms with Crippen LogP contribution in [0.5, 0.6) is 0 Å². The molecule has 1 saturated heterocycles. The van der Waals surface area contributed by atoms with Crippen molar-refractivity contribution in [3.63, 3.8) is 0 Å². The number of likely N-dealkylation sites (tertiary alicyclic amines) is 1. The van der Waals surface area contributed by atoms with Crippen LogP contribution in [-0.2, 0) is 11.8 Å². The van der Waals surface area contributed by atoms with E-state index in [2.05, 4.69) is 82.1 Å². The Bertz CT molecular complexity index is 1350. The van der Waals surface area contributed by atoms with Crippen LogP contribution >= 0.6 is 34.9 Å². The van der Waals surface area contributed by atoms with Gasteiger partial charge in [0.25, 0.3) is 0 Å². The van der Waals surface area contributed by atoms with Gasteiger partial charge in [-0.2, -0.15) is 0 Å². The van der Waals surface area contributed by atoms with Crippen molar-refractivity contribution in [1.82, 2.24) is 14.4 Å². The fraction of sp³-hybridized carbons (Fsp3) is 0.424. The summed E-state index contributed by atoms with van der Waals surface area (Å²) in [5, 5.41) is 4.93. The number of hydrogen-bond acceptors (Lipinski definition) is 6. The van der Waals surface area contributed by atoms with E-state index in [1.54, 1.807) is 17.6 Å². The Labute approximate surface area is 251 Å². The molecule has 2 fully saturated rings. The maximum atomic E-state index is 6.49. The molecule has 0 amide bonds. The van der Waals surface area contributed by atoms with E-state index >= 15 is 0 Å². The van der Waals surface area contributed by atoms with Crippen molar-refractivity contribution in [3.8, 4) is 10.6 Å². The van der Waals surface area contributed by atoms with E-state index in [0.717, 1.165) is 28.1 Å². The molecule has 6 rings (SSSR count). The Balaban J connectivity index is 1.03. The third kappa shape index (κ3) is 6.85. The number of hydrogen-bond donors (Lipinski definition) is 0. The molecule has 2 aromatic heterocycles. The van der Waals surface area contributed by atoms with Crippen molar-refractivity contribution >= 4 is 34.9 Å². The van der Waals surface area contributed by atoms with Crippen LogP contribution in [0.25, 0.3) is 10.6 Å². The minimum Gasteiger partial charge on any atom is -0.364 e. The Hall–Kier alpha value is -2.09. The van der Waals surface area contributed by atoms with Gasteiger partial charge in [0, 0.05) is 29.6 Å².